The van der Waals surface area contributed by atoms with Gasteiger partial charge in [-0.05, 0) is 79.7 Å². The maximum atomic E-state index is 14.8. The molecule has 5 fully saturated rings. The molecule has 0 spiro atoms. The van der Waals surface area contributed by atoms with Gasteiger partial charge in [-0.15, -0.1) is 10.2 Å². The van der Waals surface area contributed by atoms with Gasteiger partial charge in [-0.1, -0.05) is 57.1 Å². The third kappa shape index (κ3) is 9.67. The number of benzene rings is 1. The maximum Gasteiger partial charge on any atom is 0.408 e. The van der Waals surface area contributed by atoms with Crippen molar-refractivity contribution >= 4 is 69.5 Å². The number of fused-ring (bicyclic) bond motifs is 2. The highest BCUT2D eigenvalue weighted by atomic mass is 35.5. The number of hydrogen-bond acceptors (Lipinski definition) is 14. The summed E-state index contributed by atoms with van der Waals surface area (Å²) in [6.45, 7) is 13.4. The molecule has 16 nitrogen and oxygen atoms in total. The first kappa shape index (κ1) is 43.7. The number of hydrogen-bond donors (Lipinski definition) is 3. The fourth-order valence-corrected chi connectivity index (χ4v) is 11.0. The van der Waals surface area contributed by atoms with Crippen LogP contribution in [0.2, 0.25) is 5.02 Å². The van der Waals surface area contributed by atoms with E-state index in [-0.39, 0.29) is 25.0 Å². The van der Waals surface area contributed by atoms with E-state index >= 15 is 0 Å². The summed E-state index contributed by atoms with van der Waals surface area (Å²) in [5.74, 6) is -0.365. The van der Waals surface area contributed by atoms with Crippen LogP contribution in [0.4, 0.5) is 4.79 Å². The van der Waals surface area contributed by atoms with Crippen LogP contribution in [-0.4, -0.2) is 130 Å². The van der Waals surface area contributed by atoms with Crippen LogP contribution >= 0.6 is 34.7 Å². The van der Waals surface area contributed by atoms with Gasteiger partial charge in [0.15, 0.2) is 4.34 Å². The van der Waals surface area contributed by atoms with E-state index in [9.17, 15) is 24.3 Å². The minimum Gasteiger partial charge on any atom is -0.491 e. The molecule has 1 unspecified atom stereocenters. The number of carbonyl (C=O) groups excluding carboxylic acids is 3. The number of carbonyl (C=O) groups is 4. The molecule has 3 amide bonds. The Labute approximate surface area is 368 Å². The van der Waals surface area contributed by atoms with E-state index in [2.05, 4.69) is 25.7 Å². The Morgan fingerprint density at radius 3 is 2.49 bits per heavy atom. The second-order valence-electron chi connectivity index (χ2n) is 18.0. The Bertz CT molecular complexity index is 2160. The Hall–Kier alpha value is -3.97. The summed E-state index contributed by atoms with van der Waals surface area (Å²) in [5, 5.41) is 26.5. The largest absolute Gasteiger partial charge is 0.491 e. The molecule has 3 saturated carbocycles. The van der Waals surface area contributed by atoms with Crippen LogP contribution < -0.4 is 20.1 Å². The number of aryl methyl sites for hydroxylation is 1. The van der Waals surface area contributed by atoms with Gasteiger partial charge in [-0.25, -0.2) is 14.6 Å². The van der Waals surface area contributed by atoms with Gasteiger partial charge >= 0.3 is 12.1 Å². The molecule has 19 heteroatoms. The summed E-state index contributed by atoms with van der Waals surface area (Å²) < 4.78 is 24.9. The number of carboxylic acid groups (broad SMARTS) is 1. The van der Waals surface area contributed by atoms with Crippen LogP contribution in [0.5, 0.6) is 11.5 Å². The van der Waals surface area contributed by atoms with Gasteiger partial charge in [0.1, 0.15) is 63.0 Å². The van der Waals surface area contributed by atoms with Gasteiger partial charge in [-0.2, -0.15) is 0 Å². The number of rotatable bonds is 15. The van der Waals surface area contributed by atoms with Crippen molar-refractivity contribution in [1.29, 1.82) is 0 Å². The maximum absolute atomic E-state index is 14.8. The minimum atomic E-state index is -1.41. The molecule has 3 aliphatic carbocycles. The molecule has 2 aliphatic heterocycles. The van der Waals surface area contributed by atoms with E-state index in [1.807, 2.05) is 40.7 Å². The molecule has 1 aromatic carbocycles. The molecule has 330 valence electrons. The molecule has 8 atom stereocenters. The number of nitrogens with zero attached hydrogens (tertiary/aromatic N) is 5. The fraction of sp³-hybridized carbons (Fsp3) is 0.643. The SMILES string of the molecule is CC[C@@H]1C[C@]1(NC(=O)[C@@H]1C[C@@H](Oc2cc(Sc3nnc(C)s3)nc3c(Cl)c(OCCN4CCOCC4)ccc23)CN1C(=O)[C@@H](NC(=O)OC1C[C@@H]2C[C@@H]2C1)C(C)(C)C)C(=O)O. The van der Waals surface area contributed by atoms with Gasteiger partial charge in [0.05, 0.1) is 25.3 Å². The van der Waals surface area contributed by atoms with E-state index < -0.39 is 53.0 Å². The second-order valence-corrected chi connectivity index (χ2v) is 20.8. The number of ether oxygens (including phenoxy) is 4. The summed E-state index contributed by atoms with van der Waals surface area (Å²) in [4.78, 5) is 63.4. The van der Waals surface area contributed by atoms with Crippen molar-refractivity contribution in [3.8, 4) is 11.5 Å². The Morgan fingerprint density at radius 1 is 1.08 bits per heavy atom. The summed E-state index contributed by atoms with van der Waals surface area (Å²) in [7, 11) is 0. The van der Waals surface area contributed by atoms with E-state index in [1.54, 1.807) is 12.1 Å². The number of pyridine rings is 1. The van der Waals surface area contributed by atoms with Crippen LogP contribution in [0.15, 0.2) is 27.6 Å². The quantitative estimate of drug-likeness (QED) is 0.171. The Balaban J connectivity index is 1.07. The molecule has 4 heterocycles. The van der Waals surface area contributed by atoms with Gasteiger partial charge in [0.2, 0.25) is 11.8 Å². The zero-order chi connectivity index (χ0) is 43.2. The first-order chi connectivity index (χ1) is 29.1. The highest BCUT2D eigenvalue weighted by molar-refractivity contribution is 8.01. The summed E-state index contributed by atoms with van der Waals surface area (Å²) in [5.41, 5.74) is -1.76. The van der Waals surface area contributed by atoms with Crippen molar-refractivity contribution in [3.05, 3.63) is 28.2 Å². The zero-order valence-electron chi connectivity index (χ0n) is 35.1. The number of nitrogens with one attached hydrogen (secondary N) is 2. The average molecular weight is 901 g/mol. The number of likely N-dealkylation sites (tertiary alicyclic amines) is 1. The van der Waals surface area contributed by atoms with Crippen molar-refractivity contribution in [2.75, 3.05) is 46.0 Å². The number of carboxylic acids is 1. The first-order valence-electron chi connectivity index (χ1n) is 21.2. The number of halogens is 1. The molecule has 2 saturated heterocycles. The number of morpholine rings is 1. The molecule has 8 rings (SSSR count). The van der Waals surface area contributed by atoms with Crippen molar-refractivity contribution in [2.45, 2.75) is 112 Å². The number of amides is 3. The van der Waals surface area contributed by atoms with Gasteiger partial charge in [0.25, 0.3) is 0 Å². The van der Waals surface area contributed by atoms with Crippen LogP contribution in [0, 0.1) is 30.1 Å². The lowest BCUT2D eigenvalue weighted by atomic mass is 9.85. The summed E-state index contributed by atoms with van der Waals surface area (Å²) in [6.07, 6.45) is 2.13. The van der Waals surface area contributed by atoms with Crippen molar-refractivity contribution in [3.63, 3.8) is 0 Å². The smallest absolute Gasteiger partial charge is 0.408 e. The number of aromatic nitrogens is 3. The summed E-state index contributed by atoms with van der Waals surface area (Å²) >= 11 is 9.77. The molecular weight excluding hydrogens is 846 g/mol. The van der Waals surface area contributed by atoms with E-state index in [0.717, 1.165) is 30.9 Å². The normalized spacial score (nSPS) is 27.6. The average Bonchev–Trinajstić information content (AvgIpc) is 3.92. The molecule has 5 aliphatic rings. The predicted molar refractivity (Wildman–Crippen MR) is 227 cm³/mol. The predicted octanol–water partition coefficient (Wildman–Crippen LogP) is 5.57. The Kier molecular flexibility index (Phi) is 12.6. The standard InChI is InChI=1S/C42H54ClN7O9S2/c1-6-25-20-42(25,38(53)54)46-36(51)29-18-27(21-50(29)37(52)35(41(3,4)5)45-39(55)59-26-16-23-15-24(23)17-26)58-31-19-32(61-40-48-47-22(2)60-40)44-34-28(31)7-8-30(33(34)43)57-14-11-49-9-12-56-13-10-49/h7-8,19,23-27,29,35H,6,9-18,20-21H2,1-5H3,(H,45,55)(H,46,51)(H,53,54)/t23-,24+,25-,26?,27-,29+,35-,42-/m1/s1. The minimum absolute atomic E-state index is 0.0259. The lowest BCUT2D eigenvalue weighted by Gasteiger charge is -2.35. The third-order valence-electron chi connectivity index (χ3n) is 12.6. The Morgan fingerprint density at radius 2 is 1.84 bits per heavy atom. The molecule has 0 radical (unpaired) electrons. The number of aliphatic carboxylic acids is 1. The van der Waals surface area contributed by atoms with E-state index in [4.69, 9.17) is 35.5 Å². The summed E-state index contributed by atoms with van der Waals surface area (Å²) in [6, 6.07) is 3.21. The van der Waals surface area contributed by atoms with Crippen molar-refractivity contribution in [2.24, 2.45) is 23.2 Å². The highest BCUT2D eigenvalue weighted by Gasteiger charge is 2.61. The fourth-order valence-electron chi connectivity index (χ4n) is 8.99. The molecule has 3 N–H and O–H groups in total. The lowest BCUT2D eigenvalue weighted by Crippen LogP contribution is -2.59. The molecule has 2 aromatic heterocycles. The van der Waals surface area contributed by atoms with Crippen LogP contribution in [0.25, 0.3) is 10.9 Å². The van der Waals surface area contributed by atoms with E-state index in [1.165, 1.54) is 34.4 Å². The monoisotopic (exact) mass is 899 g/mol. The van der Waals surface area contributed by atoms with E-state index in [0.29, 0.717) is 87.8 Å². The van der Waals surface area contributed by atoms with Crippen molar-refractivity contribution < 1.29 is 43.2 Å². The highest BCUT2D eigenvalue weighted by Crippen LogP contribution is 2.52. The first-order valence-corrected chi connectivity index (χ1v) is 23.2. The van der Waals surface area contributed by atoms with Gasteiger partial charge in [-0.3, -0.25) is 14.5 Å². The molecular formula is C42H54ClN7O9S2. The molecule has 3 aromatic rings. The zero-order valence-corrected chi connectivity index (χ0v) is 37.5. The topological polar surface area (TPSA) is 195 Å². The van der Waals surface area contributed by atoms with Crippen molar-refractivity contribution in [1.82, 2.24) is 35.6 Å². The van der Waals surface area contributed by atoms with Gasteiger partial charge < -0.3 is 39.6 Å². The third-order valence-corrected chi connectivity index (χ3v) is 14.8. The van der Waals surface area contributed by atoms with Crippen LogP contribution in [-0.2, 0) is 23.9 Å². The number of alkyl carbamates (subject to hydrolysis) is 1. The van der Waals surface area contributed by atoms with Crippen LogP contribution in [0.3, 0.4) is 0 Å². The van der Waals surface area contributed by atoms with Gasteiger partial charge in [0, 0.05) is 37.5 Å². The molecule has 0 bridgehead atoms. The lowest BCUT2D eigenvalue weighted by molar-refractivity contribution is -0.146. The second kappa shape index (κ2) is 17.7. The molecule has 61 heavy (non-hydrogen) atoms. The van der Waals surface area contributed by atoms with Crippen LogP contribution in [0.1, 0.15) is 71.2 Å².